The first-order valence-corrected chi connectivity index (χ1v) is 6.28. The van der Waals surface area contributed by atoms with E-state index < -0.39 is 0 Å². The van der Waals surface area contributed by atoms with E-state index in [0.29, 0.717) is 6.61 Å². The van der Waals surface area contributed by atoms with Gasteiger partial charge in [-0.05, 0) is 19.3 Å². The summed E-state index contributed by atoms with van der Waals surface area (Å²) in [5.41, 5.74) is 0. The Balaban J connectivity index is 3.82. The van der Waals surface area contributed by atoms with Crippen molar-refractivity contribution in [2.45, 2.75) is 59.0 Å². The van der Waals surface area contributed by atoms with Gasteiger partial charge in [0.05, 0.1) is 11.5 Å². The number of ether oxygens (including phenoxy) is 2. The first kappa shape index (κ1) is 15.1. The highest BCUT2D eigenvalue weighted by Gasteiger charge is 2.09. The van der Waals surface area contributed by atoms with Gasteiger partial charge in [-0.2, -0.15) is 0 Å². The van der Waals surface area contributed by atoms with Gasteiger partial charge >= 0.3 is 0 Å². The van der Waals surface area contributed by atoms with Crippen LogP contribution in [0.25, 0.3) is 0 Å². The predicted molar refractivity (Wildman–Crippen MR) is 69.2 cm³/mol. The van der Waals surface area contributed by atoms with Gasteiger partial charge in [-0.25, -0.2) is 0 Å². The van der Waals surface area contributed by atoms with Crippen molar-refractivity contribution in [3.63, 3.8) is 0 Å². The average molecular weight is 226 g/mol. The molecule has 2 heteroatoms. The van der Waals surface area contributed by atoms with Gasteiger partial charge in [-0.15, -0.1) is 0 Å². The minimum atomic E-state index is 0.104. The summed E-state index contributed by atoms with van der Waals surface area (Å²) in [7, 11) is 0. The molecule has 1 unspecified atom stereocenters. The highest BCUT2D eigenvalue weighted by Crippen LogP contribution is 2.12. The van der Waals surface area contributed by atoms with Crippen molar-refractivity contribution in [3.05, 3.63) is 24.7 Å². The third-order valence-electron chi connectivity index (χ3n) is 2.32. The fourth-order valence-electron chi connectivity index (χ4n) is 1.37. The largest absolute Gasteiger partial charge is 0.495 e. The Kier molecular flexibility index (Phi) is 8.78. The Morgan fingerprint density at radius 3 is 2.06 bits per heavy atom. The van der Waals surface area contributed by atoms with Crippen molar-refractivity contribution in [3.8, 4) is 0 Å². The van der Waals surface area contributed by atoms with Gasteiger partial charge < -0.3 is 9.47 Å². The number of hydrogen-bond acceptors (Lipinski definition) is 2. The highest BCUT2D eigenvalue weighted by atomic mass is 16.5. The Morgan fingerprint density at radius 2 is 1.56 bits per heavy atom. The molecule has 0 aliphatic rings. The lowest BCUT2D eigenvalue weighted by Crippen LogP contribution is -2.18. The zero-order valence-electron chi connectivity index (χ0n) is 11.1. The summed E-state index contributed by atoms with van der Waals surface area (Å²) in [5, 5.41) is 0. The summed E-state index contributed by atoms with van der Waals surface area (Å²) < 4.78 is 11.3. The fourth-order valence-corrected chi connectivity index (χ4v) is 1.37. The van der Waals surface area contributed by atoms with Gasteiger partial charge in [0.25, 0.3) is 0 Å². The molecule has 0 saturated heterocycles. The molecule has 0 spiro atoms. The van der Waals surface area contributed by atoms with Crippen LogP contribution in [0, 0.1) is 0 Å². The SMILES string of the molecule is C=C(CCC)OCC(CC)OC(=C)CCC. The molecule has 0 aromatic carbocycles. The van der Waals surface area contributed by atoms with Crippen molar-refractivity contribution < 1.29 is 9.47 Å². The molecule has 0 fully saturated rings. The summed E-state index contributed by atoms with van der Waals surface area (Å²) >= 11 is 0. The molecule has 0 aromatic rings. The summed E-state index contributed by atoms with van der Waals surface area (Å²) in [6.45, 7) is 14.7. The van der Waals surface area contributed by atoms with E-state index in [9.17, 15) is 0 Å². The van der Waals surface area contributed by atoms with E-state index in [1.54, 1.807) is 0 Å². The second-order valence-corrected chi connectivity index (χ2v) is 4.04. The molecular weight excluding hydrogens is 200 g/mol. The molecular formula is C14H26O2. The van der Waals surface area contributed by atoms with Gasteiger partial charge in [0.2, 0.25) is 0 Å². The summed E-state index contributed by atoms with van der Waals surface area (Å²) in [5.74, 6) is 1.71. The minimum Gasteiger partial charge on any atom is -0.495 e. The van der Waals surface area contributed by atoms with Crippen molar-refractivity contribution in [1.29, 1.82) is 0 Å². The summed E-state index contributed by atoms with van der Waals surface area (Å²) in [6.07, 6.45) is 5.02. The molecule has 2 nitrogen and oxygen atoms in total. The Morgan fingerprint density at radius 1 is 1.00 bits per heavy atom. The molecule has 0 bridgehead atoms. The van der Waals surface area contributed by atoms with Crippen molar-refractivity contribution in [2.24, 2.45) is 0 Å². The lowest BCUT2D eigenvalue weighted by molar-refractivity contribution is 0.0351. The molecule has 0 aliphatic heterocycles. The van der Waals surface area contributed by atoms with Crippen LogP contribution in [0.5, 0.6) is 0 Å². The second kappa shape index (κ2) is 9.32. The van der Waals surface area contributed by atoms with E-state index in [4.69, 9.17) is 9.47 Å². The van der Waals surface area contributed by atoms with Crippen LogP contribution in [0.4, 0.5) is 0 Å². The lowest BCUT2D eigenvalue weighted by Gasteiger charge is -2.20. The molecule has 0 heterocycles. The lowest BCUT2D eigenvalue weighted by atomic mass is 10.2. The Hall–Kier alpha value is -0.920. The summed E-state index contributed by atoms with van der Waals surface area (Å²) in [6, 6.07) is 0. The summed E-state index contributed by atoms with van der Waals surface area (Å²) in [4.78, 5) is 0. The van der Waals surface area contributed by atoms with Crippen molar-refractivity contribution >= 4 is 0 Å². The smallest absolute Gasteiger partial charge is 0.132 e. The maximum absolute atomic E-state index is 5.71. The van der Waals surface area contributed by atoms with Crippen LogP contribution in [0.1, 0.15) is 52.9 Å². The molecule has 0 N–H and O–H groups in total. The normalized spacial score (nSPS) is 11.9. The predicted octanol–water partition coefficient (Wildman–Crippen LogP) is 4.43. The number of hydrogen-bond donors (Lipinski definition) is 0. The van der Waals surface area contributed by atoms with E-state index in [2.05, 4.69) is 33.9 Å². The second-order valence-electron chi connectivity index (χ2n) is 4.04. The van der Waals surface area contributed by atoms with Crippen LogP contribution >= 0.6 is 0 Å². The zero-order chi connectivity index (χ0) is 12.4. The Bertz CT molecular complexity index is 209. The van der Waals surface area contributed by atoms with Gasteiger partial charge in [0.15, 0.2) is 0 Å². The minimum absolute atomic E-state index is 0.104. The Labute approximate surface area is 100 Å². The maximum Gasteiger partial charge on any atom is 0.132 e. The van der Waals surface area contributed by atoms with Gasteiger partial charge in [-0.1, -0.05) is 33.9 Å². The third kappa shape index (κ3) is 7.38. The molecule has 0 amide bonds. The van der Waals surface area contributed by atoms with Crippen molar-refractivity contribution in [2.75, 3.05) is 6.61 Å². The van der Waals surface area contributed by atoms with Crippen LogP contribution in [-0.4, -0.2) is 12.7 Å². The van der Waals surface area contributed by atoms with Crippen LogP contribution < -0.4 is 0 Å². The van der Waals surface area contributed by atoms with E-state index in [1.807, 2.05) is 0 Å². The van der Waals surface area contributed by atoms with Gasteiger partial charge in [-0.3, -0.25) is 0 Å². The quantitative estimate of drug-likeness (QED) is 0.513. The van der Waals surface area contributed by atoms with Crippen LogP contribution in [0.3, 0.4) is 0 Å². The van der Waals surface area contributed by atoms with E-state index in [1.165, 1.54) is 0 Å². The maximum atomic E-state index is 5.71. The molecule has 0 aromatic heterocycles. The van der Waals surface area contributed by atoms with Crippen molar-refractivity contribution in [1.82, 2.24) is 0 Å². The van der Waals surface area contributed by atoms with Crippen LogP contribution in [0.2, 0.25) is 0 Å². The third-order valence-corrected chi connectivity index (χ3v) is 2.32. The molecule has 0 aliphatic carbocycles. The first-order chi connectivity index (χ1) is 7.63. The molecule has 0 rings (SSSR count). The number of rotatable bonds is 10. The highest BCUT2D eigenvalue weighted by molar-refractivity contribution is 4.85. The van der Waals surface area contributed by atoms with Gasteiger partial charge in [0, 0.05) is 12.8 Å². The fraction of sp³-hybridized carbons (Fsp3) is 0.714. The topological polar surface area (TPSA) is 18.5 Å². The van der Waals surface area contributed by atoms with E-state index in [0.717, 1.165) is 43.6 Å². The molecule has 94 valence electrons. The average Bonchev–Trinajstić information content (AvgIpc) is 2.25. The van der Waals surface area contributed by atoms with Crippen LogP contribution in [-0.2, 0) is 9.47 Å². The number of allylic oxidation sites excluding steroid dienone is 2. The van der Waals surface area contributed by atoms with E-state index >= 15 is 0 Å². The monoisotopic (exact) mass is 226 g/mol. The van der Waals surface area contributed by atoms with Crippen LogP contribution in [0.15, 0.2) is 24.7 Å². The first-order valence-electron chi connectivity index (χ1n) is 6.28. The van der Waals surface area contributed by atoms with E-state index in [-0.39, 0.29) is 6.10 Å². The van der Waals surface area contributed by atoms with Gasteiger partial charge in [0.1, 0.15) is 12.7 Å². The molecule has 0 radical (unpaired) electrons. The molecule has 1 atom stereocenters. The molecule has 0 saturated carbocycles. The molecule has 16 heavy (non-hydrogen) atoms. The zero-order valence-corrected chi connectivity index (χ0v) is 11.1. The standard InChI is InChI=1S/C14H26O2/c1-6-9-12(4)15-11-14(8-3)16-13(5)10-7-2/h14H,4-11H2,1-3H3.